The zero-order chi connectivity index (χ0) is 21.2. The number of hydrogen-bond acceptors (Lipinski definition) is 5. The fraction of sp³-hybridized carbons (Fsp3) is 0.480. The van der Waals surface area contributed by atoms with Gasteiger partial charge in [0.25, 0.3) is 0 Å². The second-order valence-corrected chi connectivity index (χ2v) is 7.48. The van der Waals surface area contributed by atoms with Crippen LogP contribution in [-0.2, 0) is 37.0 Å². The molecule has 1 fully saturated rings. The van der Waals surface area contributed by atoms with Gasteiger partial charge >= 0.3 is 0 Å². The number of Topliss-reactive ketones (excluding diaryl/α,β-unsaturated/α-hetero) is 1. The number of carbonyl (C=O) groups excluding carboxylic acids is 1. The predicted molar refractivity (Wildman–Crippen MR) is 115 cm³/mol. The van der Waals surface area contributed by atoms with Gasteiger partial charge in [0, 0.05) is 25.0 Å². The van der Waals surface area contributed by atoms with Crippen molar-refractivity contribution >= 4 is 5.78 Å². The molecule has 3 atom stereocenters. The van der Waals surface area contributed by atoms with Crippen LogP contribution >= 0.6 is 0 Å². The summed E-state index contributed by atoms with van der Waals surface area (Å²) in [7, 11) is 0. The van der Waals surface area contributed by atoms with Crippen molar-refractivity contribution in [3.05, 3.63) is 71.8 Å². The van der Waals surface area contributed by atoms with Gasteiger partial charge in [0.1, 0.15) is 5.78 Å². The molecule has 0 radical (unpaired) electrons. The van der Waals surface area contributed by atoms with Gasteiger partial charge < -0.3 is 18.9 Å². The second-order valence-electron chi connectivity index (χ2n) is 7.48. The van der Waals surface area contributed by atoms with Crippen molar-refractivity contribution in [3.8, 4) is 0 Å². The summed E-state index contributed by atoms with van der Waals surface area (Å²) in [5.74, 6) is -0.354. The number of carbonyl (C=O) groups is 1. The molecular weight excluding hydrogens is 380 g/mol. The van der Waals surface area contributed by atoms with Crippen LogP contribution in [0.25, 0.3) is 0 Å². The Kier molecular flexibility index (Phi) is 9.02. The average Bonchev–Trinajstić information content (AvgIpc) is 2.78. The first kappa shape index (κ1) is 22.6. The van der Waals surface area contributed by atoms with E-state index in [-0.39, 0.29) is 23.5 Å². The third kappa shape index (κ3) is 5.99. The van der Waals surface area contributed by atoms with Crippen LogP contribution in [0.4, 0.5) is 0 Å². The smallest absolute Gasteiger partial charge is 0.167 e. The fourth-order valence-corrected chi connectivity index (χ4v) is 3.91. The van der Waals surface area contributed by atoms with E-state index in [1.54, 1.807) is 0 Å². The normalized spacial score (nSPS) is 21.0. The van der Waals surface area contributed by atoms with Crippen molar-refractivity contribution in [2.24, 2.45) is 17.8 Å². The molecule has 2 aromatic rings. The number of rotatable bonds is 13. The Morgan fingerprint density at radius 1 is 0.767 bits per heavy atom. The number of ketones is 1. The highest BCUT2D eigenvalue weighted by Gasteiger charge is 2.54. The molecule has 0 N–H and O–H groups in total. The minimum Gasteiger partial charge on any atom is -0.376 e. The fourth-order valence-electron chi connectivity index (χ4n) is 3.91. The Balaban J connectivity index is 1.59. The highest BCUT2D eigenvalue weighted by Crippen LogP contribution is 2.41. The largest absolute Gasteiger partial charge is 0.376 e. The van der Waals surface area contributed by atoms with Gasteiger partial charge in [-0.3, -0.25) is 4.79 Å². The molecule has 0 unspecified atom stereocenters. The Labute approximate surface area is 179 Å². The van der Waals surface area contributed by atoms with E-state index in [2.05, 4.69) is 0 Å². The molecule has 0 heterocycles. The monoisotopic (exact) mass is 412 g/mol. The minimum atomic E-state index is -0.525. The molecule has 1 aliphatic carbocycles. The van der Waals surface area contributed by atoms with Crippen LogP contribution in [0.2, 0.25) is 0 Å². The van der Waals surface area contributed by atoms with E-state index in [0.717, 1.165) is 11.1 Å². The van der Waals surface area contributed by atoms with Crippen molar-refractivity contribution in [2.45, 2.75) is 33.4 Å². The highest BCUT2D eigenvalue weighted by atomic mass is 16.7. The summed E-state index contributed by atoms with van der Waals surface area (Å²) in [5, 5.41) is 0. The summed E-state index contributed by atoms with van der Waals surface area (Å²) in [5.41, 5.74) is 2.21. The van der Waals surface area contributed by atoms with Gasteiger partial charge in [-0.2, -0.15) is 0 Å². The second kappa shape index (κ2) is 12.0. The SMILES string of the molecule is CCOC(OCC)[C@@H]1C(=O)[C@H](COCc2ccccc2)[C@H]1COCc1ccccc1. The molecule has 3 rings (SSSR count). The first-order chi connectivity index (χ1) is 14.7. The third-order valence-corrected chi connectivity index (χ3v) is 5.46. The van der Waals surface area contributed by atoms with Gasteiger partial charge in [-0.15, -0.1) is 0 Å². The summed E-state index contributed by atoms with van der Waals surface area (Å²) in [6.07, 6.45) is -0.525. The summed E-state index contributed by atoms with van der Waals surface area (Å²) < 4.78 is 23.3. The number of hydrogen-bond donors (Lipinski definition) is 0. The van der Waals surface area contributed by atoms with Gasteiger partial charge in [0.15, 0.2) is 6.29 Å². The van der Waals surface area contributed by atoms with Crippen LogP contribution < -0.4 is 0 Å². The summed E-state index contributed by atoms with van der Waals surface area (Å²) in [4.78, 5) is 12.9. The molecule has 0 aromatic heterocycles. The van der Waals surface area contributed by atoms with Crippen LogP contribution in [0.1, 0.15) is 25.0 Å². The van der Waals surface area contributed by atoms with Crippen LogP contribution in [-0.4, -0.2) is 38.5 Å². The van der Waals surface area contributed by atoms with Crippen molar-refractivity contribution in [1.82, 2.24) is 0 Å². The minimum absolute atomic E-state index is 0.0140. The highest BCUT2D eigenvalue weighted by molar-refractivity contribution is 5.90. The van der Waals surface area contributed by atoms with E-state index in [9.17, 15) is 4.79 Å². The first-order valence-corrected chi connectivity index (χ1v) is 10.7. The lowest BCUT2D eigenvalue weighted by molar-refractivity contribution is -0.214. The van der Waals surface area contributed by atoms with Crippen LogP contribution in [0.5, 0.6) is 0 Å². The van der Waals surface area contributed by atoms with E-state index >= 15 is 0 Å². The maximum Gasteiger partial charge on any atom is 0.167 e. The maximum absolute atomic E-state index is 12.9. The van der Waals surface area contributed by atoms with Crippen molar-refractivity contribution < 1.29 is 23.7 Å². The standard InChI is InChI=1S/C25H32O5/c1-3-29-25(30-4-2)23-21(17-27-15-19-11-7-5-8-12-19)22(24(23)26)18-28-16-20-13-9-6-10-14-20/h5-14,21-23,25H,3-4,15-18H2,1-2H3/t21-,22-,23+/m1/s1. The molecule has 0 aliphatic heterocycles. The summed E-state index contributed by atoms with van der Waals surface area (Å²) in [6.45, 7) is 6.70. The predicted octanol–water partition coefficient (Wildman–Crippen LogP) is 4.25. The first-order valence-electron chi connectivity index (χ1n) is 10.7. The molecule has 0 bridgehead atoms. The van der Waals surface area contributed by atoms with Crippen molar-refractivity contribution in [2.75, 3.05) is 26.4 Å². The van der Waals surface area contributed by atoms with Crippen LogP contribution in [0.15, 0.2) is 60.7 Å². The Hall–Kier alpha value is -2.05. The summed E-state index contributed by atoms with van der Waals surface area (Å²) in [6, 6.07) is 20.0. The van der Waals surface area contributed by atoms with Crippen LogP contribution in [0.3, 0.4) is 0 Å². The molecule has 0 saturated heterocycles. The molecule has 0 amide bonds. The van der Waals surface area contributed by atoms with Crippen molar-refractivity contribution in [3.63, 3.8) is 0 Å². The van der Waals surface area contributed by atoms with Crippen LogP contribution in [0, 0.1) is 17.8 Å². The van der Waals surface area contributed by atoms with Gasteiger partial charge in [-0.25, -0.2) is 0 Å². The van der Waals surface area contributed by atoms with Crippen molar-refractivity contribution in [1.29, 1.82) is 0 Å². The van der Waals surface area contributed by atoms with E-state index in [1.165, 1.54) is 0 Å². The Morgan fingerprint density at radius 2 is 1.27 bits per heavy atom. The molecule has 1 saturated carbocycles. The Morgan fingerprint density at radius 3 is 1.77 bits per heavy atom. The number of ether oxygens (including phenoxy) is 4. The average molecular weight is 413 g/mol. The van der Waals surface area contributed by atoms with E-state index in [4.69, 9.17) is 18.9 Å². The lowest BCUT2D eigenvalue weighted by atomic mass is 9.63. The lowest BCUT2D eigenvalue weighted by Gasteiger charge is -2.45. The summed E-state index contributed by atoms with van der Waals surface area (Å²) >= 11 is 0. The van der Waals surface area contributed by atoms with Gasteiger partial charge in [-0.1, -0.05) is 60.7 Å². The molecule has 5 heteroatoms. The molecule has 5 nitrogen and oxygen atoms in total. The topological polar surface area (TPSA) is 54.0 Å². The van der Waals surface area contributed by atoms with E-state index < -0.39 is 6.29 Å². The van der Waals surface area contributed by atoms with Gasteiger partial charge in [0.05, 0.1) is 32.3 Å². The quantitative estimate of drug-likeness (QED) is 0.461. The zero-order valence-corrected chi connectivity index (χ0v) is 17.9. The molecule has 30 heavy (non-hydrogen) atoms. The maximum atomic E-state index is 12.9. The Bertz CT molecular complexity index is 743. The number of benzene rings is 2. The molecule has 2 aromatic carbocycles. The lowest BCUT2D eigenvalue weighted by Crippen LogP contribution is -2.57. The molecular formula is C25H32O5. The van der Waals surface area contributed by atoms with E-state index in [1.807, 2.05) is 74.5 Å². The molecule has 162 valence electrons. The molecule has 1 aliphatic rings. The molecule has 0 spiro atoms. The third-order valence-electron chi connectivity index (χ3n) is 5.46. The van der Waals surface area contributed by atoms with Gasteiger partial charge in [-0.05, 0) is 25.0 Å². The van der Waals surface area contributed by atoms with Gasteiger partial charge in [0.2, 0.25) is 0 Å². The van der Waals surface area contributed by atoms with E-state index in [0.29, 0.717) is 39.6 Å². The zero-order valence-electron chi connectivity index (χ0n) is 17.9.